The maximum atomic E-state index is 6.61. The van der Waals surface area contributed by atoms with Crippen LogP contribution in [0.4, 0.5) is 0 Å². The third kappa shape index (κ3) is 2.65. The summed E-state index contributed by atoms with van der Waals surface area (Å²) in [6, 6.07) is 5.71. The molecule has 0 spiro atoms. The Labute approximate surface area is 114 Å². The summed E-state index contributed by atoms with van der Waals surface area (Å²) in [5.74, 6) is 0.849. The average molecular weight is 268 g/mol. The van der Waals surface area contributed by atoms with E-state index in [1.54, 1.807) is 7.11 Å². The molecule has 1 aromatic carbocycles. The number of hydrogen-bond donors (Lipinski definition) is 1. The van der Waals surface area contributed by atoms with Crippen molar-refractivity contribution in [2.75, 3.05) is 7.11 Å². The minimum atomic E-state index is -0.300. The van der Waals surface area contributed by atoms with E-state index in [2.05, 4.69) is 13.8 Å². The third-order valence-corrected chi connectivity index (χ3v) is 4.43. The van der Waals surface area contributed by atoms with E-state index in [1.165, 1.54) is 0 Å². The molecule has 1 aromatic rings. The summed E-state index contributed by atoms with van der Waals surface area (Å²) in [6.45, 7) is 4.61. The summed E-state index contributed by atoms with van der Waals surface area (Å²) in [7, 11) is 1.68. The van der Waals surface area contributed by atoms with Crippen LogP contribution in [0.3, 0.4) is 0 Å². The van der Waals surface area contributed by atoms with Crippen LogP contribution in [0.15, 0.2) is 18.2 Å². The minimum Gasteiger partial charge on any atom is -0.496 e. The first-order chi connectivity index (χ1) is 8.36. The summed E-state index contributed by atoms with van der Waals surface area (Å²) in [6.07, 6.45) is 4.24. The Morgan fingerprint density at radius 3 is 2.33 bits per heavy atom. The van der Waals surface area contributed by atoms with E-state index in [4.69, 9.17) is 22.1 Å². The highest BCUT2D eigenvalue weighted by molar-refractivity contribution is 6.30. The first kappa shape index (κ1) is 13.7. The molecule has 1 saturated carbocycles. The molecule has 1 fully saturated rings. The van der Waals surface area contributed by atoms with Crippen molar-refractivity contribution >= 4 is 11.6 Å². The molecule has 0 amide bonds. The molecule has 0 aromatic heterocycles. The van der Waals surface area contributed by atoms with Crippen LogP contribution >= 0.6 is 11.6 Å². The van der Waals surface area contributed by atoms with E-state index in [0.29, 0.717) is 5.41 Å². The maximum absolute atomic E-state index is 6.61. The first-order valence-corrected chi connectivity index (χ1v) is 6.87. The number of nitrogens with two attached hydrogens (primary N) is 1. The second-order valence-electron chi connectivity index (χ2n) is 6.16. The largest absolute Gasteiger partial charge is 0.496 e. The van der Waals surface area contributed by atoms with Crippen LogP contribution in [0.5, 0.6) is 5.75 Å². The minimum absolute atomic E-state index is 0.300. The summed E-state index contributed by atoms with van der Waals surface area (Å²) in [5, 5.41) is 0.723. The Kier molecular flexibility index (Phi) is 3.61. The highest BCUT2D eigenvalue weighted by Gasteiger charge is 2.38. The Morgan fingerprint density at radius 2 is 1.78 bits per heavy atom. The lowest BCUT2D eigenvalue weighted by Crippen LogP contribution is -2.42. The smallest absolute Gasteiger partial charge is 0.124 e. The van der Waals surface area contributed by atoms with Gasteiger partial charge in [0.1, 0.15) is 5.75 Å². The van der Waals surface area contributed by atoms with Crippen molar-refractivity contribution in [2.24, 2.45) is 11.1 Å². The van der Waals surface area contributed by atoms with Gasteiger partial charge in [0, 0.05) is 16.1 Å². The molecule has 100 valence electrons. The lowest BCUT2D eigenvalue weighted by atomic mass is 9.67. The zero-order chi connectivity index (χ0) is 13.4. The van der Waals surface area contributed by atoms with Crippen LogP contribution in [0.25, 0.3) is 0 Å². The van der Waals surface area contributed by atoms with Gasteiger partial charge in [-0.1, -0.05) is 25.4 Å². The molecule has 2 rings (SSSR count). The molecule has 2 nitrogen and oxygen atoms in total. The van der Waals surface area contributed by atoms with Crippen LogP contribution in [0.1, 0.15) is 45.1 Å². The van der Waals surface area contributed by atoms with Gasteiger partial charge in [-0.25, -0.2) is 0 Å². The van der Waals surface area contributed by atoms with Gasteiger partial charge < -0.3 is 10.5 Å². The SMILES string of the molecule is COc1ccc(Cl)cc1C1(N)CCC(C)(C)CC1. The van der Waals surface area contributed by atoms with E-state index >= 15 is 0 Å². The number of hydrogen-bond acceptors (Lipinski definition) is 2. The number of methoxy groups -OCH3 is 1. The standard InChI is InChI=1S/C15H22ClNO/c1-14(2)6-8-15(17,9-7-14)12-10-11(16)4-5-13(12)18-3/h4-5,10H,6-9,17H2,1-3H3. The van der Waals surface area contributed by atoms with Crippen molar-refractivity contribution in [3.05, 3.63) is 28.8 Å². The summed E-state index contributed by atoms with van der Waals surface area (Å²) < 4.78 is 5.43. The van der Waals surface area contributed by atoms with E-state index in [9.17, 15) is 0 Å². The zero-order valence-corrected chi connectivity index (χ0v) is 12.2. The van der Waals surface area contributed by atoms with Crippen molar-refractivity contribution < 1.29 is 4.74 Å². The van der Waals surface area contributed by atoms with Gasteiger partial charge in [0.15, 0.2) is 0 Å². The van der Waals surface area contributed by atoms with Gasteiger partial charge >= 0.3 is 0 Å². The van der Waals surface area contributed by atoms with Crippen LogP contribution in [-0.4, -0.2) is 7.11 Å². The average Bonchev–Trinajstić information content (AvgIpc) is 2.33. The predicted molar refractivity (Wildman–Crippen MR) is 76.1 cm³/mol. The fraction of sp³-hybridized carbons (Fsp3) is 0.600. The Bertz CT molecular complexity index is 432. The van der Waals surface area contributed by atoms with Gasteiger partial charge in [-0.15, -0.1) is 0 Å². The first-order valence-electron chi connectivity index (χ1n) is 6.49. The van der Waals surface area contributed by atoms with Gasteiger partial charge in [0.05, 0.1) is 7.11 Å². The Morgan fingerprint density at radius 1 is 1.17 bits per heavy atom. The molecule has 1 aliphatic carbocycles. The highest BCUT2D eigenvalue weighted by Crippen LogP contribution is 2.46. The monoisotopic (exact) mass is 267 g/mol. The number of halogens is 1. The molecule has 0 unspecified atom stereocenters. The van der Waals surface area contributed by atoms with Crippen LogP contribution < -0.4 is 10.5 Å². The van der Waals surface area contributed by atoms with Gasteiger partial charge in [-0.05, 0) is 49.3 Å². The van der Waals surface area contributed by atoms with Gasteiger partial charge in [-0.2, -0.15) is 0 Å². The van der Waals surface area contributed by atoms with Crippen LogP contribution in [0.2, 0.25) is 5.02 Å². The normalized spacial score (nSPS) is 21.6. The number of benzene rings is 1. The summed E-state index contributed by atoms with van der Waals surface area (Å²) in [4.78, 5) is 0. The van der Waals surface area contributed by atoms with Crippen molar-refractivity contribution in [1.82, 2.24) is 0 Å². The second kappa shape index (κ2) is 4.75. The van der Waals surface area contributed by atoms with Crippen molar-refractivity contribution in [3.8, 4) is 5.75 Å². The maximum Gasteiger partial charge on any atom is 0.124 e. The summed E-state index contributed by atoms with van der Waals surface area (Å²) >= 11 is 6.10. The molecule has 3 heteroatoms. The fourth-order valence-electron chi connectivity index (χ4n) is 2.71. The molecule has 18 heavy (non-hydrogen) atoms. The molecule has 0 bridgehead atoms. The van der Waals surface area contributed by atoms with E-state index < -0.39 is 0 Å². The number of ether oxygens (including phenoxy) is 1. The summed E-state index contributed by atoms with van der Waals surface area (Å²) in [5.41, 5.74) is 7.75. The number of rotatable bonds is 2. The fourth-order valence-corrected chi connectivity index (χ4v) is 2.88. The van der Waals surface area contributed by atoms with Gasteiger partial charge in [0.2, 0.25) is 0 Å². The van der Waals surface area contributed by atoms with E-state index in [0.717, 1.165) is 42.0 Å². The molecule has 2 N–H and O–H groups in total. The van der Waals surface area contributed by atoms with Gasteiger partial charge in [0.25, 0.3) is 0 Å². The van der Waals surface area contributed by atoms with Crippen LogP contribution in [-0.2, 0) is 5.54 Å². The predicted octanol–water partition coefficient (Wildman–Crippen LogP) is 4.10. The van der Waals surface area contributed by atoms with Crippen molar-refractivity contribution in [1.29, 1.82) is 0 Å². The topological polar surface area (TPSA) is 35.2 Å². The van der Waals surface area contributed by atoms with Gasteiger partial charge in [-0.3, -0.25) is 0 Å². The molecular formula is C15H22ClNO. The molecule has 0 saturated heterocycles. The zero-order valence-electron chi connectivity index (χ0n) is 11.4. The van der Waals surface area contributed by atoms with Crippen molar-refractivity contribution in [3.63, 3.8) is 0 Å². The molecule has 0 aliphatic heterocycles. The molecule has 0 radical (unpaired) electrons. The van der Waals surface area contributed by atoms with E-state index in [1.807, 2.05) is 18.2 Å². The molecule has 1 aliphatic rings. The molecule has 0 atom stereocenters. The molecular weight excluding hydrogens is 246 g/mol. The lowest BCUT2D eigenvalue weighted by Gasteiger charge is -2.42. The molecule has 0 heterocycles. The Balaban J connectivity index is 2.33. The Hall–Kier alpha value is -0.730. The quantitative estimate of drug-likeness (QED) is 0.875. The second-order valence-corrected chi connectivity index (χ2v) is 6.60. The lowest BCUT2D eigenvalue weighted by molar-refractivity contribution is 0.163. The van der Waals surface area contributed by atoms with Crippen molar-refractivity contribution in [2.45, 2.75) is 45.1 Å². The highest BCUT2D eigenvalue weighted by atomic mass is 35.5. The van der Waals surface area contributed by atoms with Crippen LogP contribution in [0, 0.1) is 5.41 Å². The van der Waals surface area contributed by atoms with E-state index in [-0.39, 0.29) is 5.54 Å². The third-order valence-electron chi connectivity index (χ3n) is 4.19.